The van der Waals surface area contributed by atoms with Crippen LogP contribution in [0.15, 0.2) is 122 Å². The first kappa shape index (κ1) is 32.3. The second-order valence-corrected chi connectivity index (χ2v) is 11.6. The number of hydrogen-bond donors (Lipinski definition) is 0. The summed E-state index contributed by atoms with van der Waals surface area (Å²) in [5.74, 6) is -0.648. The number of carbonyl (C=O) groups is 2. The Kier molecular flexibility index (Phi) is 9.70. The van der Waals surface area contributed by atoms with Crippen LogP contribution in [0.3, 0.4) is 0 Å². The fraction of sp³-hybridized carbons (Fsp3) is 0.184. The molecule has 1 aliphatic rings. The predicted octanol–water partition coefficient (Wildman–Crippen LogP) is 6.80. The van der Waals surface area contributed by atoms with Crippen LogP contribution in [-0.2, 0) is 41.7 Å². The number of benzene rings is 3. The summed E-state index contributed by atoms with van der Waals surface area (Å²) in [6.07, 6.45) is 4.71. The normalized spacial score (nSPS) is 13.6. The molecular weight excluding hydrogens is 615 g/mol. The molecule has 5 aromatic rings. The minimum Gasteiger partial charge on any atom is -0.336 e. The molecule has 0 fully saturated rings. The van der Waals surface area contributed by atoms with E-state index >= 15 is 0 Å². The molecule has 0 N–H and O–H groups in total. The summed E-state index contributed by atoms with van der Waals surface area (Å²) in [7, 11) is 0. The number of amides is 2. The van der Waals surface area contributed by atoms with Gasteiger partial charge in [0, 0.05) is 56.3 Å². The Balaban J connectivity index is 1.34. The maximum absolute atomic E-state index is 14.5. The molecule has 48 heavy (non-hydrogen) atoms. The quantitative estimate of drug-likeness (QED) is 0.165. The Morgan fingerprint density at radius 1 is 0.812 bits per heavy atom. The van der Waals surface area contributed by atoms with Crippen molar-refractivity contribution in [3.63, 3.8) is 0 Å². The highest BCUT2D eigenvalue weighted by Crippen LogP contribution is 2.29. The van der Waals surface area contributed by atoms with Crippen molar-refractivity contribution in [1.29, 1.82) is 0 Å². The van der Waals surface area contributed by atoms with Gasteiger partial charge in [-0.2, -0.15) is 13.2 Å². The SMILES string of the molecule is O=C(C(Cc1ccccc1)N(Cc1ccc(-c2cncnc2)cc1)C(=O)C=Cc1ccc(C(F)(F)F)cn1)N1CCc2ccccc2C1. The molecule has 0 radical (unpaired) electrons. The molecule has 2 aromatic heterocycles. The van der Waals surface area contributed by atoms with Gasteiger partial charge < -0.3 is 9.80 Å². The molecule has 0 aliphatic carbocycles. The molecule has 0 spiro atoms. The van der Waals surface area contributed by atoms with E-state index in [2.05, 4.69) is 21.0 Å². The second-order valence-electron chi connectivity index (χ2n) is 11.6. The average molecular weight is 648 g/mol. The van der Waals surface area contributed by atoms with E-state index in [-0.39, 0.29) is 24.6 Å². The summed E-state index contributed by atoms with van der Waals surface area (Å²) in [5, 5.41) is 0. The maximum Gasteiger partial charge on any atom is 0.417 e. The van der Waals surface area contributed by atoms with Gasteiger partial charge in [-0.05, 0) is 52.4 Å². The van der Waals surface area contributed by atoms with Gasteiger partial charge in [0.15, 0.2) is 0 Å². The van der Waals surface area contributed by atoms with Crippen LogP contribution in [0.2, 0.25) is 0 Å². The number of hydrogen-bond acceptors (Lipinski definition) is 5. The molecule has 1 unspecified atom stereocenters. The monoisotopic (exact) mass is 647 g/mol. The van der Waals surface area contributed by atoms with Crippen molar-refractivity contribution < 1.29 is 22.8 Å². The van der Waals surface area contributed by atoms with Crippen LogP contribution in [-0.4, -0.2) is 49.2 Å². The standard InChI is InChI=1S/C38H32F3N5O2/c39-38(40,41)33-14-15-34(44-23-33)16-17-36(47)46(24-28-10-12-30(13-11-28)32-21-42-26-43-22-32)35(20-27-6-2-1-3-7-27)37(48)45-19-18-29-8-4-5-9-31(29)25-45/h1-17,21-23,26,35H,18-20,24-25H2. The molecule has 0 saturated heterocycles. The lowest BCUT2D eigenvalue weighted by molar-refractivity contribution is -0.144. The smallest absolute Gasteiger partial charge is 0.336 e. The van der Waals surface area contributed by atoms with Crippen molar-refractivity contribution in [2.75, 3.05) is 6.54 Å². The topological polar surface area (TPSA) is 79.3 Å². The zero-order valence-corrected chi connectivity index (χ0v) is 25.9. The summed E-state index contributed by atoms with van der Waals surface area (Å²) in [4.78, 5) is 44.0. The van der Waals surface area contributed by atoms with Gasteiger partial charge in [0.2, 0.25) is 11.8 Å². The number of aromatic nitrogens is 3. The number of pyridine rings is 1. The molecule has 0 saturated carbocycles. The largest absolute Gasteiger partial charge is 0.417 e. The van der Waals surface area contributed by atoms with Crippen molar-refractivity contribution in [3.8, 4) is 11.1 Å². The first-order chi connectivity index (χ1) is 23.2. The zero-order chi connectivity index (χ0) is 33.5. The molecule has 10 heteroatoms. The number of halogens is 3. The lowest BCUT2D eigenvalue weighted by Gasteiger charge is -2.37. The third-order valence-corrected chi connectivity index (χ3v) is 8.37. The van der Waals surface area contributed by atoms with Crippen LogP contribution >= 0.6 is 0 Å². The van der Waals surface area contributed by atoms with Crippen molar-refractivity contribution in [2.24, 2.45) is 0 Å². The highest BCUT2D eigenvalue weighted by molar-refractivity contribution is 5.95. The summed E-state index contributed by atoms with van der Waals surface area (Å²) < 4.78 is 39.3. The first-order valence-electron chi connectivity index (χ1n) is 15.5. The molecule has 6 rings (SSSR count). The molecule has 7 nitrogen and oxygen atoms in total. The summed E-state index contributed by atoms with van der Waals surface area (Å²) in [6.45, 7) is 1.06. The van der Waals surface area contributed by atoms with Crippen molar-refractivity contribution in [3.05, 3.63) is 156 Å². The number of alkyl halides is 3. The summed E-state index contributed by atoms with van der Waals surface area (Å²) in [5.41, 5.74) is 4.99. The fourth-order valence-electron chi connectivity index (χ4n) is 5.78. The molecule has 2 amide bonds. The lowest BCUT2D eigenvalue weighted by atomic mass is 9.97. The average Bonchev–Trinajstić information content (AvgIpc) is 3.12. The molecule has 242 valence electrons. The number of fused-ring (bicyclic) bond motifs is 1. The third kappa shape index (κ3) is 7.83. The van der Waals surface area contributed by atoms with Gasteiger partial charge in [0.1, 0.15) is 12.4 Å². The van der Waals surface area contributed by atoms with Crippen LogP contribution < -0.4 is 0 Å². The Labute approximate surface area is 276 Å². The number of carbonyl (C=O) groups excluding carboxylic acids is 2. The maximum atomic E-state index is 14.5. The summed E-state index contributed by atoms with van der Waals surface area (Å²) in [6, 6.07) is 26.4. The highest BCUT2D eigenvalue weighted by Gasteiger charge is 2.34. The van der Waals surface area contributed by atoms with Crippen molar-refractivity contribution >= 4 is 17.9 Å². The highest BCUT2D eigenvalue weighted by atomic mass is 19.4. The molecule has 0 bridgehead atoms. The lowest BCUT2D eigenvalue weighted by Crippen LogP contribution is -2.52. The summed E-state index contributed by atoms with van der Waals surface area (Å²) >= 11 is 0. The molecule has 3 aromatic carbocycles. The fourth-order valence-corrected chi connectivity index (χ4v) is 5.78. The van der Waals surface area contributed by atoms with Crippen LogP contribution in [0.25, 0.3) is 17.2 Å². The predicted molar refractivity (Wildman–Crippen MR) is 176 cm³/mol. The Morgan fingerprint density at radius 3 is 2.21 bits per heavy atom. The van der Waals surface area contributed by atoms with Gasteiger partial charge in [-0.3, -0.25) is 14.6 Å². The van der Waals surface area contributed by atoms with Gasteiger partial charge >= 0.3 is 6.18 Å². The molecule has 1 aliphatic heterocycles. The van der Waals surface area contributed by atoms with Crippen molar-refractivity contribution in [1.82, 2.24) is 24.8 Å². The third-order valence-electron chi connectivity index (χ3n) is 8.37. The van der Waals surface area contributed by atoms with E-state index in [0.29, 0.717) is 19.5 Å². The van der Waals surface area contributed by atoms with E-state index in [1.54, 1.807) is 17.3 Å². The Hall–Kier alpha value is -5.64. The molecule has 1 atom stereocenters. The van der Waals surface area contributed by atoms with Crippen LogP contribution in [0.5, 0.6) is 0 Å². The van der Waals surface area contributed by atoms with Crippen LogP contribution in [0.4, 0.5) is 13.2 Å². The number of nitrogens with zero attached hydrogens (tertiary/aromatic N) is 5. The second kappa shape index (κ2) is 14.4. The minimum atomic E-state index is -4.52. The van der Waals surface area contributed by atoms with Gasteiger partial charge in [0.25, 0.3) is 0 Å². The van der Waals surface area contributed by atoms with E-state index in [1.165, 1.54) is 35.0 Å². The molecule has 3 heterocycles. The van der Waals surface area contributed by atoms with E-state index in [9.17, 15) is 22.8 Å². The van der Waals surface area contributed by atoms with Gasteiger partial charge in [-0.25, -0.2) is 9.97 Å². The van der Waals surface area contributed by atoms with E-state index in [1.807, 2.05) is 72.8 Å². The van der Waals surface area contributed by atoms with Gasteiger partial charge in [0.05, 0.1) is 11.3 Å². The number of rotatable bonds is 9. The van der Waals surface area contributed by atoms with Crippen LogP contribution in [0, 0.1) is 0 Å². The molecular formula is C38H32F3N5O2. The first-order valence-corrected chi connectivity index (χ1v) is 15.5. The Bertz CT molecular complexity index is 1880. The zero-order valence-electron chi connectivity index (χ0n) is 25.9. The minimum absolute atomic E-state index is 0.114. The van der Waals surface area contributed by atoms with Gasteiger partial charge in [-0.1, -0.05) is 78.9 Å². The Morgan fingerprint density at radius 2 is 1.52 bits per heavy atom. The van der Waals surface area contributed by atoms with E-state index in [0.717, 1.165) is 40.1 Å². The van der Waals surface area contributed by atoms with Crippen LogP contribution in [0.1, 0.15) is 33.5 Å². The van der Waals surface area contributed by atoms with Gasteiger partial charge in [-0.15, -0.1) is 0 Å². The van der Waals surface area contributed by atoms with E-state index in [4.69, 9.17) is 0 Å². The van der Waals surface area contributed by atoms with Crippen molar-refractivity contribution in [2.45, 2.75) is 38.1 Å². The van der Waals surface area contributed by atoms with E-state index < -0.39 is 23.7 Å².